The minimum Gasteiger partial charge on any atom is -0.336 e. The van der Waals surface area contributed by atoms with Gasteiger partial charge in [-0.25, -0.2) is 0 Å². The predicted octanol–water partition coefficient (Wildman–Crippen LogP) is 2.12. The molecule has 0 saturated carbocycles. The summed E-state index contributed by atoms with van der Waals surface area (Å²) >= 11 is 7.40. The molecule has 6 nitrogen and oxygen atoms in total. The molecule has 0 N–H and O–H groups in total. The van der Waals surface area contributed by atoms with Crippen molar-refractivity contribution in [3.8, 4) is 0 Å². The zero-order chi connectivity index (χ0) is 16.4. The summed E-state index contributed by atoms with van der Waals surface area (Å²) < 4.78 is 1.57. The van der Waals surface area contributed by atoms with Crippen LogP contribution in [-0.2, 0) is 7.05 Å². The second-order valence-corrected chi connectivity index (χ2v) is 6.70. The van der Waals surface area contributed by atoms with Crippen molar-refractivity contribution in [1.82, 2.24) is 19.6 Å². The first-order valence-electron chi connectivity index (χ1n) is 7.37. The third kappa shape index (κ3) is 3.25. The summed E-state index contributed by atoms with van der Waals surface area (Å²) in [5, 5.41) is 6.34. The first kappa shape index (κ1) is 16.0. The number of halogens is 1. The van der Waals surface area contributed by atoms with Gasteiger partial charge in [-0.2, -0.15) is 5.10 Å². The minimum atomic E-state index is -0.0557. The molecule has 1 fully saturated rings. The van der Waals surface area contributed by atoms with Crippen molar-refractivity contribution < 1.29 is 9.59 Å². The molecule has 122 valence electrons. The average Bonchev–Trinajstić information content (AvgIpc) is 3.07. The van der Waals surface area contributed by atoms with Gasteiger partial charge < -0.3 is 9.80 Å². The Hall–Kier alpha value is -1.86. The molecule has 1 aliphatic heterocycles. The number of rotatable bonds is 2. The maximum absolute atomic E-state index is 12.5. The quantitative estimate of drug-likeness (QED) is 0.831. The molecule has 0 unspecified atom stereocenters. The van der Waals surface area contributed by atoms with Crippen molar-refractivity contribution in [3.63, 3.8) is 0 Å². The number of hydrogen-bond donors (Lipinski definition) is 0. The average molecular weight is 353 g/mol. The zero-order valence-electron chi connectivity index (χ0n) is 12.7. The fourth-order valence-corrected chi connectivity index (χ4v) is 3.76. The summed E-state index contributed by atoms with van der Waals surface area (Å²) in [7, 11) is 1.75. The number of amides is 2. The maximum atomic E-state index is 12.5. The summed E-state index contributed by atoms with van der Waals surface area (Å²) in [6.07, 6.45) is 2.36. The Bertz CT molecular complexity index is 666. The van der Waals surface area contributed by atoms with E-state index in [1.54, 1.807) is 39.9 Å². The van der Waals surface area contributed by atoms with Crippen LogP contribution in [-0.4, -0.2) is 57.6 Å². The topological polar surface area (TPSA) is 58.4 Å². The molecule has 1 aliphatic rings. The Morgan fingerprint density at radius 2 is 1.83 bits per heavy atom. The van der Waals surface area contributed by atoms with Crippen LogP contribution in [0.25, 0.3) is 0 Å². The molecule has 1 saturated heterocycles. The van der Waals surface area contributed by atoms with Gasteiger partial charge in [-0.1, -0.05) is 11.6 Å². The van der Waals surface area contributed by atoms with Gasteiger partial charge in [0.1, 0.15) is 10.6 Å². The van der Waals surface area contributed by atoms with Gasteiger partial charge in [-0.3, -0.25) is 14.3 Å². The number of carbonyl (C=O) groups excluding carboxylic acids is 2. The van der Waals surface area contributed by atoms with Gasteiger partial charge >= 0.3 is 0 Å². The predicted molar refractivity (Wildman–Crippen MR) is 89.0 cm³/mol. The molecule has 3 rings (SSSR count). The molecule has 0 spiro atoms. The molecule has 0 radical (unpaired) electrons. The Kier molecular flexibility index (Phi) is 4.68. The first-order chi connectivity index (χ1) is 11.1. The van der Waals surface area contributed by atoms with Gasteiger partial charge in [-0.05, 0) is 23.9 Å². The van der Waals surface area contributed by atoms with E-state index in [1.807, 2.05) is 5.38 Å². The molecule has 0 bridgehead atoms. The van der Waals surface area contributed by atoms with Crippen LogP contribution in [0.2, 0.25) is 5.02 Å². The maximum Gasteiger partial charge on any atom is 0.272 e. The van der Waals surface area contributed by atoms with E-state index in [-0.39, 0.29) is 11.8 Å². The number of hydrogen-bond acceptors (Lipinski definition) is 4. The summed E-state index contributed by atoms with van der Waals surface area (Å²) in [4.78, 5) is 29.2. The van der Waals surface area contributed by atoms with Crippen molar-refractivity contribution in [1.29, 1.82) is 0 Å². The smallest absolute Gasteiger partial charge is 0.272 e. The van der Waals surface area contributed by atoms with E-state index in [0.717, 1.165) is 6.42 Å². The summed E-state index contributed by atoms with van der Waals surface area (Å²) in [6, 6.07) is 3.44. The lowest BCUT2D eigenvalue weighted by molar-refractivity contribution is 0.0715. The fourth-order valence-electron chi connectivity index (χ4n) is 2.66. The lowest BCUT2D eigenvalue weighted by Gasteiger charge is -2.22. The molecule has 0 aromatic carbocycles. The molecule has 0 aliphatic carbocycles. The number of carbonyl (C=O) groups is 2. The molecule has 23 heavy (non-hydrogen) atoms. The molecule has 2 amide bonds. The molecule has 2 aromatic heterocycles. The zero-order valence-corrected chi connectivity index (χ0v) is 14.3. The molecule has 2 aromatic rings. The first-order valence-corrected chi connectivity index (χ1v) is 8.63. The SMILES string of the molecule is Cn1nccc1C(=O)N1CCCN(C(=O)c2sccc2Cl)CC1. The van der Waals surface area contributed by atoms with Crippen LogP contribution < -0.4 is 0 Å². The van der Waals surface area contributed by atoms with Crippen LogP contribution >= 0.6 is 22.9 Å². The van der Waals surface area contributed by atoms with Crippen LogP contribution in [0.5, 0.6) is 0 Å². The number of aromatic nitrogens is 2. The second kappa shape index (κ2) is 6.72. The van der Waals surface area contributed by atoms with E-state index in [0.29, 0.717) is 41.8 Å². The number of thiophene rings is 1. The van der Waals surface area contributed by atoms with Crippen molar-refractivity contribution in [2.75, 3.05) is 26.2 Å². The van der Waals surface area contributed by atoms with Gasteiger partial charge in [0.2, 0.25) is 0 Å². The van der Waals surface area contributed by atoms with Crippen LogP contribution in [0, 0.1) is 0 Å². The Morgan fingerprint density at radius 3 is 2.39 bits per heavy atom. The highest BCUT2D eigenvalue weighted by molar-refractivity contribution is 7.12. The van der Waals surface area contributed by atoms with Crippen molar-refractivity contribution >= 4 is 34.8 Å². The van der Waals surface area contributed by atoms with Gasteiger partial charge in [-0.15, -0.1) is 11.3 Å². The molecular weight excluding hydrogens is 336 g/mol. The van der Waals surface area contributed by atoms with Crippen LogP contribution in [0.15, 0.2) is 23.7 Å². The summed E-state index contributed by atoms with van der Waals surface area (Å²) in [5.41, 5.74) is 0.561. The van der Waals surface area contributed by atoms with E-state index in [9.17, 15) is 9.59 Å². The minimum absolute atomic E-state index is 0.0477. The van der Waals surface area contributed by atoms with Crippen molar-refractivity contribution in [2.45, 2.75) is 6.42 Å². The molecule has 3 heterocycles. The van der Waals surface area contributed by atoms with Crippen LogP contribution in [0.4, 0.5) is 0 Å². The molecule has 8 heteroatoms. The van der Waals surface area contributed by atoms with Crippen molar-refractivity contribution in [2.24, 2.45) is 7.05 Å². The van der Waals surface area contributed by atoms with Crippen LogP contribution in [0.3, 0.4) is 0 Å². The second-order valence-electron chi connectivity index (χ2n) is 5.38. The molecule has 0 atom stereocenters. The third-order valence-electron chi connectivity index (χ3n) is 3.92. The Balaban J connectivity index is 1.68. The standard InChI is InChI=1S/C15H17ClN4O2S/c1-18-12(3-5-17-18)14(21)19-6-2-7-20(9-8-19)15(22)13-11(16)4-10-23-13/h3-5,10H,2,6-9H2,1H3. The Morgan fingerprint density at radius 1 is 1.13 bits per heavy atom. The van der Waals surface area contributed by atoms with E-state index >= 15 is 0 Å². The lowest BCUT2D eigenvalue weighted by Crippen LogP contribution is -2.37. The highest BCUT2D eigenvalue weighted by Crippen LogP contribution is 2.24. The van der Waals surface area contributed by atoms with E-state index in [2.05, 4.69) is 5.10 Å². The normalized spacial score (nSPS) is 15.6. The van der Waals surface area contributed by atoms with Gasteiger partial charge in [0.05, 0.1) is 5.02 Å². The summed E-state index contributed by atoms with van der Waals surface area (Å²) in [5.74, 6) is -0.103. The highest BCUT2D eigenvalue weighted by atomic mass is 35.5. The number of aryl methyl sites for hydroxylation is 1. The molecular formula is C15H17ClN4O2S. The highest BCUT2D eigenvalue weighted by Gasteiger charge is 2.26. The van der Waals surface area contributed by atoms with E-state index < -0.39 is 0 Å². The largest absolute Gasteiger partial charge is 0.336 e. The monoisotopic (exact) mass is 352 g/mol. The van der Waals surface area contributed by atoms with E-state index in [4.69, 9.17) is 11.6 Å². The van der Waals surface area contributed by atoms with Gasteiger partial charge in [0, 0.05) is 39.4 Å². The van der Waals surface area contributed by atoms with Crippen molar-refractivity contribution in [3.05, 3.63) is 39.3 Å². The van der Waals surface area contributed by atoms with E-state index in [1.165, 1.54) is 11.3 Å². The number of nitrogens with zero attached hydrogens (tertiary/aromatic N) is 4. The van der Waals surface area contributed by atoms with Crippen LogP contribution in [0.1, 0.15) is 26.6 Å². The lowest BCUT2D eigenvalue weighted by atomic mass is 10.3. The van der Waals surface area contributed by atoms with Gasteiger partial charge in [0.15, 0.2) is 0 Å². The summed E-state index contributed by atoms with van der Waals surface area (Å²) in [6.45, 7) is 2.28. The third-order valence-corrected chi connectivity index (χ3v) is 5.25. The Labute approximate surface area is 143 Å². The fraction of sp³-hybridized carbons (Fsp3) is 0.400. The van der Waals surface area contributed by atoms with Gasteiger partial charge in [0.25, 0.3) is 11.8 Å².